The van der Waals surface area contributed by atoms with Crippen molar-refractivity contribution in [2.24, 2.45) is 0 Å². The maximum absolute atomic E-state index is 5.99. The smallest absolute Gasteiger partial charge is 0.214 e. The van der Waals surface area contributed by atoms with E-state index >= 15 is 0 Å². The highest BCUT2D eigenvalue weighted by atomic mass is 35.5. The molecule has 0 saturated heterocycles. The Hall–Kier alpha value is -1.20. The second kappa shape index (κ2) is 2.90. The summed E-state index contributed by atoms with van der Waals surface area (Å²) in [6.07, 6.45) is 1.49. The molecule has 6 heteroatoms. The van der Waals surface area contributed by atoms with Crippen LogP contribution >= 0.6 is 22.9 Å². The number of fused-ring (bicyclic) bond motifs is 3. The topological polar surface area (TPSA) is 43.1 Å². The summed E-state index contributed by atoms with van der Waals surface area (Å²) >= 11 is 7.63. The highest BCUT2D eigenvalue weighted by molar-refractivity contribution is 7.18. The predicted molar refractivity (Wildman–Crippen MR) is 60.6 cm³/mol. The van der Waals surface area contributed by atoms with Crippen molar-refractivity contribution >= 4 is 38.8 Å². The van der Waals surface area contributed by atoms with Crippen molar-refractivity contribution in [3.05, 3.63) is 22.1 Å². The molecule has 0 aliphatic rings. The van der Waals surface area contributed by atoms with Crippen LogP contribution in [-0.2, 0) is 0 Å². The van der Waals surface area contributed by atoms with E-state index in [0.717, 1.165) is 15.9 Å². The lowest BCUT2D eigenvalue weighted by Crippen LogP contribution is -1.93. The summed E-state index contributed by atoms with van der Waals surface area (Å²) in [6, 6.07) is 0. The molecule has 0 bridgehead atoms. The van der Waals surface area contributed by atoms with Gasteiger partial charge in [-0.1, -0.05) is 0 Å². The molecule has 4 nitrogen and oxygen atoms in total. The molecule has 0 unspecified atom stereocenters. The Morgan fingerprint density at radius 2 is 2.20 bits per heavy atom. The van der Waals surface area contributed by atoms with E-state index in [2.05, 4.69) is 28.9 Å². The third kappa shape index (κ3) is 1.10. The summed E-state index contributed by atoms with van der Waals surface area (Å²) in [5.74, 6) is 0. The first kappa shape index (κ1) is 9.06. The van der Waals surface area contributed by atoms with Gasteiger partial charge in [-0.3, -0.25) is 0 Å². The molecule has 0 spiro atoms. The van der Waals surface area contributed by atoms with Crippen LogP contribution < -0.4 is 0 Å². The number of hydrogen-bond donors (Lipinski definition) is 0. The second-order valence-corrected chi connectivity index (χ2v) is 4.88. The number of rotatable bonds is 0. The molecule has 76 valence electrons. The first-order valence-electron chi connectivity index (χ1n) is 4.43. The van der Waals surface area contributed by atoms with E-state index < -0.39 is 0 Å². The zero-order valence-corrected chi connectivity index (χ0v) is 9.72. The quantitative estimate of drug-likeness (QED) is 0.566. The van der Waals surface area contributed by atoms with Gasteiger partial charge in [0.1, 0.15) is 11.2 Å². The highest BCUT2D eigenvalue weighted by Gasteiger charge is 2.14. The van der Waals surface area contributed by atoms with Crippen molar-refractivity contribution in [1.29, 1.82) is 0 Å². The van der Waals surface area contributed by atoms with Crippen LogP contribution in [0.1, 0.15) is 10.4 Å². The first-order chi connectivity index (χ1) is 7.18. The van der Waals surface area contributed by atoms with Crippen molar-refractivity contribution in [3.63, 3.8) is 0 Å². The van der Waals surface area contributed by atoms with E-state index in [0.29, 0.717) is 5.28 Å². The lowest BCUT2D eigenvalue weighted by Gasteiger charge is -1.97. The van der Waals surface area contributed by atoms with Gasteiger partial charge in [-0.05, 0) is 31.0 Å². The SMILES string of the molecule is Cc1sc2nc(Cl)n3ncnc3c2c1C. The molecule has 3 aromatic rings. The minimum absolute atomic E-state index is 0.358. The van der Waals surface area contributed by atoms with E-state index in [1.54, 1.807) is 15.9 Å². The normalized spacial score (nSPS) is 11.7. The average molecular weight is 239 g/mol. The van der Waals surface area contributed by atoms with Crippen molar-refractivity contribution in [1.82, 2.24) is 19.6 Å². The third-order valence-corrected chi connectivity index (χ3v) is 3.85. The van der Waals surface area contributed by atoms with Gasteiger partial charge in [0.25, 0.3) is 0 Å². The number of hydrogen-bond acceptors (Lipinski definition) is 4. The standard InChI is InChI=1S/C9H7ClN4S/c1-4-5(2)15-8-6(4)7-11-3-12-14(7)9(10)13-8/h3H,1-2H3. The average Bonchev–Trinajstić information content (AvgIpc) is 2.74. The van der Waals surface area contributed by atoms with Crippen molar-refractivity contribution < 1.29 is 0 Å². The van der Waals surface area contributed by atoms with E-state index in [-0.39, 0.29) is 0 Å². The van der Waals surface area contributed by atoms with Crippen molar-refractivity contribution in [2.45, 2.75) is 13.8 Å². The van der Waals surface area contributed by atoms with Gasteiger partial charge in [0.05, 0.1) is 5.39 Å². The van der Waals surface area contributed by atoms with Gasteiger partial charge in [0, 0.05) is 4.88 Å². The number of aromatic nitrogens is 4. The van der Waals surface area contributed by atoms with E-state index in [9.17, 15) is 0 Å². The molecule has 0 N–H and O–H groups in total. The van der Waals surface area contributed by atoms with E-state index in [1.807, 2.05) is 0 Å². The molecule has 3 heterocycles. The Kier molecular flexibility index (Phi) is 1.75. The summed E-state index contributed by atoms with van der Waals surface area (Å²) in [6.45, 7) is 4.14. The molecule has 0 amide bonds. The summed E-state index contributed by atoms with van der Waals surface area (Å²) in [5, 5.41) is 5.45. The summed E-state index contributed by atoms with van der Waals surface area (Å²) in [5.41, 5.74) is 1.99. The van der Waals surface area contributed by atoms with E-state index in [4.69, 9.17) is 11.6 Å². The van der Waals surface area contributed by atoms with Crippen LogP contribution in [0.5, 0.6) is 0 Å². The monoisotopic (exact) mass is 238 g/mol. The number of halogens is 1. The Balaban J connectivity index is 2.67. The van der Waals surface area contributed by atoms with Crippen LogP contribution in [0, 0.1) is 13.8 Å². The van der Waals surface area contributed by atoms with Crippen LogP contribution in [0.2, 0.25) is 5.28 Å². The molecule has 0 fully saturated rings. The maximum Gasteiger partial charge on any atom is 0.227 e. The van der Waals surface area contributed by atoms with Gasteiger partial charge in [-0.25, -0.2) is 9.97 Å². The van der Waals surface area contributed by atoms with Crippen LogP contribution in [0.25, 0.3) is 15.9 Å². The Morgan fingerprint density at radius 3 is 3.00 bits per heavy atom. The molecule has 0 aromatic carbocycles. The maximum atomic E-state index is 5.99. The molecular formula is C9H7ClN4S. The fraction of sp³-hybridized carbons (Fsp3) is 0.222. The van der Waals surface area contributed by atoms with Crippen LogP contribution in [-0.4, -0.2) is 19.6 Å². The van der Waals surface area contributed by atoms with Crippen molar-refractivity contribution in [2.75, 3.05) is 0 Å². The first-order valence-corrected chi connectivity index (χ1v) is 5.63. The molecule has 15 heavy (non-hydrogen) atoms. The van der Waals surface area contributed by atoms with Crippen LogP contribution in [0.4, 0.5) is 0 Å². The molecule has 3 aromatic heterocycles. The van der Waals surface area contributed by atoms with Gasteiger partial charge in [-0.2, -0.15) is 9.61 Å². The summed E-state index contributed by atoms with van der Waals surface area (Å²) in [7, 11) is 0. The van der Waals surface area contributed by atoms with Gasteiger partial charge in [-0.15, -0.1) is 11.3 Å². The Labute approximate surface area is 94.5 Å². The molecule has 0 radical (unpaired) electrons. The fourth-order valence-corrected chi connectivity index (χ4v) is 2.91. The Morgan fingerprint density at radius 1 is 1.40 bits per heavy atom. The minimum Gasteiger partial charge on any atom is -0.214 e. The molecule has 0 aliphatic carbocycles. The van der Waals surface area contributed by atoms with Crippen LogP contribution in [0.15, 0.2) is 6.33 Å². The second-order valence-electron chi connectivity index (χ2n) is 3.34. The fourth-order valence-electron chi connectivity index (χ4n) is 1.63. The van der Waals surface area contributed by atoms with Crippen molar-refractivity contribution in [3.8, 4) is 0 Å². The van der Waals surface area contributed by atoms with E-state index in [1.165, 1.54) is 16.8 Å². The summed E-state index contributed by atoms with van der Waals surface area (Å²) < 4.78 is 1.56. The van der Waals surface area contributed by atoms with Crippen LogP contribution in [0.3, 0.4) is 0 Å². The highest BCUT2D eigenvalue weighted by Crippen LogP contribution is 2.32. The van der Waals surface area contributed by atoms with Gasteiger partial charge >= 0.3 is 0 Å². The zero-order valence-electron chi connectivity index (χ0n) is 8.15. The van der Waals surface area contributed by atoms with Gasteiger partial charge in [0.15, 0.2) is 5.65 Å². The predicted octanol–water partition coefficient (Wildman–Crippen LogP) is 2.61. The van der Waals surface area contributed by atoms with Gasteiger partial charge in [0.2, 0.25) is 5.28 Å². The third-order valence-electron chi connectivity index (χ3n) is 2.51. The zero-order chi connectivity index (χ0) is 10.6. The lowest BCUT2D eigenvalue weighted by atomic mass is 10.2. The molecular weight excluding hydrogens is 232 g/mol. The lowest BCUT2D eigenvalue weighted by molar-refractivity contribution is 0.936. The Bertz CT molecular complexity index is 669. The minimum atomic E-state index is 0.358. The molecule has 3 rings (SSSR count). The number of aryl methyl sites for hydroxylation is 2. The molecule has 0 saturated carbocycles. The number of nitrogens with zero attached hydrogens (tertiary/aromatic N) is 4. The molecule has 0 atom stereocenters. The molecule has 0 aliphatic heterocycles. The van der Waals surface area contributed by atoms with Gasteiger partial charge < -0.3 is 0 Å². The number of thiophene rings is 1. The largest absolute Gasteiger partial charge is 0.227 e. The summed E-state index contributed by atoms with van der Waals surface area (Å²) in [4.78, 5) is 10.7.